The second kappa shape index (κ2) is 10.8. The zero-order valence-corrected chi connectivity index (χ0v) is 20.0. The Kier molecular flexibility index (Phi) is 7.57. The quantitative estimate of drug-likeness (QED) is 0.409. The number of nitrogens with zero attached hydrogens (tertiary/aromatic N) is 3. The van der Waals surface area contributed by atoms with Gasteiger partial charge in [0.1, 0.15) is 5.84 Å². The van der Waals surface area contributed by atoms with E-state index < -0.39 is 0 Å². The highest BCUT2D eigenvalue weighted by Crippen LogP contribution is 2.36. The number of anilines is 2. The lowest BCUT2D eigenvalue weighted by atomic mass is 10.1. The van der Waals surface area contributed by atoms with E-state index in [0.717, 1.165) is 60.2 Å². The van der Waals surface area contributed by atoms with E-state index in [4.69, 9.17) is 32.5 Å². The summed E-state index contributed by atoms with van der Waals surface area (Å²) in [7, 11) is 2.16. The third kappa shape index (κ3) is 5.62. The largest absolute Gasteiger partial charge is 0.504 e. The maximum Gasteiger partial charge on any atom is 0.157 e. The lowest BCUT2D eigenvalue weighted by Gasteiger charge is -2.34. The van der Waals surface area contributed by atoms with Crippen LogP contribution in [0.2, 0.25) is 5.02 Å². The number of hydrogen-bond donors (Lipinski definition) is 4. The highest BCUT2D eigenvalue weighted by Gasteiger charge is 2.23. The van der Waals surface area contributed by atoms with Crippen LogP contribution >= 0.6 is 11.6 Å². The van der Waals surface area contributed by atoms with Crippen molar-refractivity contribution in [3.63, 3.8) is 0 Å². The fourth-order valence-electron chi connectivity index (χ4n) is 3.96. The average molecular weight is 480 g/mol. The van der Waals surface area contributed by atoms with Crippen molar-refractivity contribution in [3.8, 4) is 11.5 Å². The van der Waals surface area contributed by atoms with Gasteiger partial charge in [-0.2, -0.15) is 0 Å². The molecule has 2 aliphatic rings. The van der Waals surface area contributed by atoms with Crippen molar-refractivity contribution in [1.82, 2.24) is 9.80 Å². The van der Waals surface area contributed by atoms with Crippen molar-refractivity contribution in [3.05, 3.63) is 76.8 Å². The van der Waals surface area contributed by atoms with Gasteiger partial charge in [0.15, 0.2) is 11.5 Å². The first kappa shape index (κ1) is 23.9. The highest BCUT2D eigenvalue weighted by atomic mass is 35.5. The molecule has 3 aromatic rings. The molecule has 0 amide bonds. The summed E-state index contributed by atoms with van der Waals surface area (Å²) in [6.07, 6.45) is 0.716. The molecular formula is C26H30ClN5O2. The third-order valence-electron chi connectivity index (χ3n) is 5.90. The first-order valence-corrected chi connectivity index (χ1v) is 11.7. The van der Waals surface area contributed by atoms with Crippen LogP contribution in [-0.4, -0.2) is 65.6 Å². The summed E-state index contributed by atoms with van der Waals surface area (Å²) >= 11 is 6.18. The number of likely N-dealkylation sites (N-methyl/N-ethyl adjacent to an activating group) is 1. The van der Waals surface area contributed by atoms with Gasteiger partial charge in [0.2, 0.25) is 0 Å². The van der Waals surface area contributed by atoms with E-state index in [1.54, 1.807) is 6.07 Å². The Hall–Kier alpha value is -3.26. The van der Waals surface area contributed by atoms with Crippen molar-refractivity contribution in [1.29, 1.82) is 0 Å². The van der Waals surface area contributed by atoms with E-state index in [9.17, 15) is 0 Å². The summed E-state index contributed by atoms with van der Waals surface area (Å²) in [5.41, 5.74) is 10.4. The molecule has 0 aromatic heterocycles. The Morgan fingerprint density at radius 3 is 2.44 bits per heavy atom. The van der Waals surface area contributed by atoms with Gasteiger partial charge >= 0.3 is 0 Å². The first-order valence-electron chi connectivity index (χ1n) is 11.3. The zero-order chi connectivity index (χ0) is 24.1. The van der Waals surface area contributed by atoms with Gasteiger partial charge in [0, 0.05) is 42.5 Å². The molecule has 0 aliphatic carbocycles. The van der Waals surface area contributed by atoms with Gasteiger partial charge < -0.3 is 31.1 Å². The van der Waals surface area contributed by atoms with Crippen LogP contribution in [-0.2, 0) is 6.42 Å². The number of aliphatic imine (C=N–C) groups is 1. The molecule has 1 fully saturated rings. The number of rotatable bonds is 2. The molecule has 0 radical (unpaired) electrons. The van der Waals surface area contributed by atoms with Crippen molar-refractivity contribution in [2.45, 2.75) is 6.42 Å². The predicted octanol–water partition coefficient (Wildman–Crippen LogP) is 4.32. The Morgan fingerprint density at radius 2 is 1.71 bits per heavy atom. The Labute approximate surface area is 205 Å². The van der Waals surface area contributed by atoms with Crippen LogP contribution in [0, 0.1) is 0 Å². The van der Waals surface area contributed by atoms with E-state index in [1.165, 1.54) is 12.1 Å². The van der Waals surface area contributed by atoms with E-state index >= 15 is 0 Å². The van der Waals surface area contributed by atoms with Crippen LogP contribution < -0.4 is 11.1 Å². The van der Waals surface area contributed by atoms with Gasteiger partial charge in [-0.1, -0.05) is 29.8 Å². The normalized spacial score (nSPS) is 15.1. The lowest BCUT2D eigenvalue weighted by molar-refractivity contribution is 0.216. The molecule has 1 saturated heterocycles. The van der Waals surface area contributed by atoms with Gasteiger partial charge in [-0.25, -0.2) is 4.99 Å². The van der Waals surface area contributed by atoms with Crippen LogP contribution in [0.5, 0.6) is 11.5 Å². The number of halogens is 1. The number of fused-ring (bicyclic) bond motifs is 2. The van der Waals surface area contributed by atoms with Crippen molar-refractivity contribution in [2.75, 3.05) is 45.1 Å². The minimum atomic E-state index is -0.0919. The lowest BCUT2D eigenvalue weighted by Crippen LogP contribution is -2.47. The number of nitrogens with one attached hydrogen (secondary N) is 1. The smallest absolute Gasteiger partial charge is 0.157 e. The van der Waals surface area contributed by atoms with E-state index in [0.29, 0.717) is 18.0 Å². The maximum absolute atomic E-state index is 9.04. The van der Waals surface area contributed by atoms with Crippen LogP contribution in [0.4, 0.5) is 17.1 Å². The van der Waals surface area contributed by atoms with Crippen LogP contribution in [0.3, 0.4) is 0 Å². The summed E-state index contributed by atoms with van der Waals surface area (Å²) in [6.45, 7) is 4.62. The SMILES string of the molecule is CN1CCN(C2=Nc3cc(Cl)ccc3Nc3ccccc32)CC1.NCCc1ccc(O)c(O)c1. The number of phenolic OH excluding ortho intramolecular Hbond substituents is 2. The highest BCUT2D eigenvalue weighted by molar-refractivity contribution is 6.31. The molecular weight excluding hydrogens is 450 g/mol. The van der Waals surface area contributed by atoms with Gasteiger partial charge in [0.05, 0.1) is 11.4 Å². The maximum atomic E-state index is 9.04. The van der Waals surface area contributed by atoms with Crippen LogP contribution in [0.1, 0.15) is 11.1 Å². The number of amidine groups is 1. The summed E-state index contributed by atoms with van der Waals surface area (Å²) in [6, 6.07) is 18.9. The number of nitrogens with two attached hydrogens (primary N) is 1. The molecule has 0 unspecified atom stereocenters. The molecule has 8 heteroatoms. The molecule has 0 atom stereocenters. The number of phenols is 2. The second-order valence-electron chi connectivity index (χ2n) is 8.42. The average Bonchev–Trinajstić information content (AvgIpc) is 2.99. The first-order chi connectivity index (χ1) is 16.4. The van der Waals surface area contributed by atoms with Crippen LogP contribution in [0.25, 0.3) is 0 Å². The number of piperazine rings is 1. The zero-order valence-electron chi connectivity index (χ0n) is 19.2. The molecule has 7 nitrogen and oxygen atoms in total. The molecule has 5 N–H and O–H groups in total. The van der Waals surface area contributed by atoms with E-state index in [2.05, 4.69) is 40.4 Å². The summed E-state index contributed by atoms with van der Waals surface area (Å²) in [5.74, 6) is 0.851. The van der Waals surface area contributed by atoms with Crippen molar-refractivity contribution < 1.29 is 10.2 Å². The monoisotopic (exact) mass is 479 g/mol. The second-order valence-corrected chi connectivity index (χ2v) is 8.86. The Morgan fingerprint density at radius 1 is 0.941 bits per heavy atom. The molecule has 0 bridgehead atoms. The predicted molar refractivity (Wildman–Crippen MR) is 139 cm³/mol. The van der Waals surface area contributed by atoms with E-state index in [1.807, 2.05) is 24.3 Å². The number of benzene rings is 3. The molecule has 5 rings (SSSR count). The van der Waals surface area contributed by atoms with Crippen LogP contribution in [0.15, 0.2) is 65.7 Å². The van der Waals surface area contributed by atoms with Gasteiger partial charge in [-0.05, 0) is 68.0 Å². The number of para-hydroxylation sites is 1. The molecule has 0 saturated carbocycles. The minimum absolute atomic E-state index is 0.0871. The summed E-state index contributed by atoms with van der Waals surface area (Å²) in [4.78, 5) is 9.69. The molecule has 2 heterocycles. The molecule has 3 aromatic carbocycles. The van der Waals surface area contributed by atoms with E-state index in [-0.39, 0.29) is 11.5 Å². The molecule has 2 aliphatic heterocycles. The fraction of sp³-hybridized carbons (Fsp3) is 0.269. The summed E-state index contributed by atoms with van der Waals surface area (Å²) < 4.78 is 0. The van der Waals surface area contributed by atoms with Crippen molar-refractivity contribution in [2.24, 2.45) is 10.7 Å². The third-order valence-corrected chi connectivity index (χ3v) is 6.13. The number of hydrogen-bond acceptors (Lipinski definition) is 7. The summed E-state index contributed by atoms with van der Waals surface area (Å²) in [5, 5.41) is 22.2. The molecule has 34 heavy (non-hydrogen) atoms. The Bertz CT molecular complexity index is 1180. The Balaban J connectivity index is 0.000000210. The molecule has 0 spiro atoms. The van der Waals surface area contributed by atoms with Gasteiger partial charge in [-0.3, -0.25) is 0 Å². The fourth-order valence-corrected chi connectivity index (χ4v) is 4.13. The molecule has 178 valence electrons. The standard InChI is InChI=1S/C18H19ClN4.C8H11NO2/c1-22-8-10-23(11-9-22)18-14-4-2-3-5-15(14)20-16-7-6-13(19)12-17(16)21-18;9-4-3-6-1-2-7(10)8(11)5-6/h2-7,12,20H,8-11H2,1H3;1-2,5,10-11H,3-4,9H2. The number of aromatic hydroxyl groups is 2. The van der Waals surface area contributed by atoms with Gasteiger partial charge in [0.25, 0.3) is 0 Å². The topological polar surface area (TPSA) is 97.4 Å². The van der Waals surface area contributed by atoms with Crippen molar-refractivity contribution >= 4 is 34.5 Å². The van der Waals surface area contributed by atoms with Gasteiger partial charge in [-0.15, -0.1) is 0 Å². The minimum Gasteiger partial charge on any atom is -0.504 e.